The van der Waals surface area contributed by atoms with Gasteiger partial charge in [-0.25, -0.2) is 0 Å². The minimum absolute atomic E-state index is 0.450. The highest BCUT2D eigenvalue weighted by Crippen LogP contribution is 2.31. The number of hydrogen-bond acceptors (Lipinski definition) is 4. The van der Waals surface area contributed by atoms with Gasteiger partial charge in [-0.2, -0.15) is 0 Å². The first-order valence-electron chi connectivity index (χ1n) is 6.31. The van der Waals surface area contributed by atoms with Crippen molar-refractivity contribution in [1.82, 2.24) is 5.32 Å². The quantitative estimate of drug-likeness (QED) is 0.777. The molecule has 0 heterocycles. The SMILES string of the molecule is COc1ccc(CNCC2(O)CCC2)cc1SC. The van der Waals surface area contributed by atoms with E-state index in [9.17, 15) is 5.11 Å². The van der Waals surface area contributed by atoms with Gasteiger partial charge in [-0.05, 0) is 43.2 Å². The van der Waals surface area contributed by atoms with Crippen LogP contribution in [0.15, 0.2) is 23.1 Å². The van der Waals surface area contributed by atoms with Crippen molar-refractivity contribution >= 4 is 11.8 Å². The molecule has 100 valence electrons. The van der Waals surface area contributed by atoms with E-state index in [1.807, 2.05) is 12.3 Å². The molecule has 1 saturated carbocycles. The fourth-order valence-electron chi connectivity index (χ4n) is 2.19. The normalized spacial score (nSPS) is 17.3. The van der Waals surface area contributed by atoms with Crippen molar-refractivity contribution in [2.24, 2.45) is 0 Å². The number of nitrogens with one attached hydrogen (secondary N) is 1. The second-order valence-electron chi connectivity index (χ2n) is 4.87. The molecule has 3 nitrogen and oxygen atoms in total. The third-order valence-corrected chi connectivity index (χ3v) is 4.27. The fourth-order valence-corrected chi connectivity index (χ4v) is 2.81. The molecule has 1 fully saturated rings. The van der Waals surface area contributed by atoms with Gasteiger partial charge in [0.15, 0.2) is 0 Å². The van der Waals surface area contributed by atoms with Gasteiger partial charge in [-0.15, -0.1) is 11.8 Å². The van der Waals surface area contributed by atoms with Gasteiger partial charge >= 0.3 is 0 Å². The van der Waals surface area contributed by atoms with E-state index in [2.05, 4.69) is 17.4 Å². The van der Waals surface area contributed by atoms with Crippen LogP contribution in [0.2, 0.25) is 0 Å². The highest BCUT2D eigenvalue weighted by atomic mass is 32.2. The lowest BCUT2D eigenvalue weighted by atomic mass is 9.80. The summed E-state index contributed by atoms with van der Waals surface area (Å²) < 4.78 is 5.30. The van der Waals surface area contributed by atoms with E-state index < -0.39 is 5.60 Å². The lowest BCUT2D eigenvalue weighted by Crippen LogP contribution is -2.45. The highest BCUT2D eigenvalue weighted by molar-refractivity contribution is 7.98. The molecule has 0 unspecified atom stereocenters. The van der Waals surface area contributed by atoms with Crippen LogP contribution in [-0.2, 0) is 6.54 Å². The molecule has 0 atom stereocenters. The first-order valence-corrected chi connectivity index (χ1v) is 7.53. The monoisotopic (exact) mass is 267 g/mol. The van der Waals surface area contributed by atoms with Gasteiger partial charge in [0.1, 0.15) is 5.75 Å². The Kier molecular flexibility index (Phi) is 4.54. The van der Waals surface area contributed by atoms with Gasteiger partial charge in [-0.1, -0.05) is 6.07 Å². The Morgan fingerprint density at radius 1 is 1.44 bits per heavy atom. The van der Waals surface area contributed by atoms with Crippen molar-refractivity contribution in [3.8, 4) is 5.75 Å². The molecule has 4 heteroatoms. The van der Waals surface area contributed by atoms with Crippen LogP contribution in [0.1, 0.15) is 24.8 Å². The Hall–Kier alpha value is -0.710. The minimum atomic E-state index is -0.450. The van der Waals surface area contributed by atoms with Gasteiger partial charge in [0.25, 0.3) is 0 Å². The Morgan fingerprint density at radius 3 is 2.78 bits per heavy atom. The number of thioether (sulfide) groups is 1. The third kappa shape index (κ3) is 3.19. The van der Waals surface area contributed by atoms with Gasteiger partial charge in [0, 0.05) is 18.0 Å². The summed E-state index contributed by atoms with van der Waals surface area (Å²) in [5, 5.41) is 13.3. The molecule has 18 heavy (non-hydrogen) atoms. The zero-order valence-corrected chi connectivity index (χ0v) is 11.8. The van der Waals surface area contributed by atoms with Crippen molar-refractivity contribution in [2.75, 3.05) is 19.9 Å². The number of hydrogen-bond donors (Lipinski definition) is 2. The predicted molar refractivity (Wildman–Crippen MR) is 75.3 cm³/mol. The van der Waals surface area contributed by atoms with Gasteiger partial charge in [-0.3, -0.25) is 0 Å². The molecule has 0 saturated heterocycles. The van der Waals surface area contributed by atoms with Crippen LogP contribution in [0.25, 0.3) is 0 Å². The van der Waals surface area contributed by atoms with Crippen LogP contribution in [-0.4, -0.2) is 30.6 Å². The summed E-state index contributed by atoms with van der Waals surface area (Å²) in [6, 6.07) is 6.21. The van der Waals surface area contributed by atoms with E-state index in [-0.39, 0.29) is 0 Å². The van der Waals surface area contributed by atoms with Gasteiger partial charge in [0.05, 0.1) is 12.7 Å². The average Bonchev–Trinajstić information content (AvgIpc) is 2.36. The van der Waals surface area contributed by atoms with Crippen LogP contribution in [0.4, 0.5) is 0 Å². The average molecular weight is 267 g/mol. The van der Waals surface area contributed by atoms with Crippen LogP contribution in [0.3, 0.4) is 0 Å². The van der Waals surface area contributed by atoms with Crippen molar-refractivity contribution in [1.29, 1.82) is 0 Å². The summed E-state index contributed by atoms with van der Waals surface area (Å²) in [5.41, 5.74) is 0.775. The zero-order chi connectivity index (χ0) is 13.0. The number of benzene rings is 1. The largest absolute Gasteiger partial charge is 0.496 e. The van der Waals surface area contributed by atoms with Crippen molar-refractivity contribution < 1.29 is 9.84 Å². The standard InChI is InChI=1S/C14H21NO2S/c1-17-12-5-4-11(8-13(12)18-2)9-15-10-14(16)6-3-7-14/h4-5,8,15-16H,3,6-7,9-10H2,1-2H3. The molecular formula is C14H21NO2S. The minimum Gasteiger partial charge on any atom is -0.496 e. The second-order valence-corrected chi connectivity index (χ2v) is 5.72. The Bertz CT molecular complexity index is 405. The Labute approximate surface area is 113 Å². The van der Waals surface area contributed by atoms with E-state index in [0.717, 1.165) is 36.5 Å². The summed E-state index contributed by atoms with van der Waals surface area (Å²) in [4.78, 5) is 1.15. The number of ether oxygens (including phenoxy) is 1. The van der Waals surface area contributed by atoms with E-state index >= 15 is 0 Å². The molecule has 0 amide bonds. The van der Waals surface area contributed by atoms with E-state index in [1.54, 1.807) is 18.9 Å². The lowest BCUT2D eigenvalue weighted by molar-refractivity contribution is -0.0314. The molecule has 0 aliphatic heterocycles. The molecule has 0 radical (unpaired) electrons. The Balaban J connectivity index is 1.89. The van der Waals surface area contributed by atoms with Crippen LogP contribution in [0, 0.1) is 0 Å². The molecule has 1 aliphatic carbocycles. The first kappa shape index (κ1) is 13.7. The summed E-state index contributed by atoms with van der Waals surface area (Å²) in [5.74, 6) is 0.920. The summed E-state index contributed by atoms with van der Waals surface area (Å²) >= 11 is 1.69. The zero-order valence-electron chi connectivity index (χ0n) is 11.0. The highest BCUT2D eigenvalue weighted by Gasteiger charge is 2.33. The fraction of sp³-hybridized carbons (Fsp3) is 0.571. The molecule has 1 aliphatic rings. The second kappa shape index (κ2) is 5.95. The molecule has 0 aromatic heterocycles. The van der Waals surface area contributed by atoms with E-state index in [4.69, 9.17) is 4.74 Å². The molecule has 2 rings (SSSR count). The topological polar surface area (TPSA) is 41.5 Å². The Morgan fingerprint density at radius 2 is 2.22 bits per heavy atom. The van der Waals surface area contributed by atoms with Gasteiger partial charge in [0.2, 0.25) is 0 Å². The number of methoxy groups -OCH3 is 1. The molecule has 1 aromatic rings. The predicted octanol–water partition coefficient (Wildman–Crippen LogP) is 2.42. The van der Waals surface area contributed by atoms with E-state index in [0.29, 0.717) is 6.54 Å². The maximum atomic E-state index is 9.98. The molecular weight excluding hydrogens is 246 g/mol. The van der Waals surface area contributed by atoms with Crippen LogP contribution < -0.4 is 10.1 Å². The molecule has 1 aromatic carbocycles. The van der Waals surface area contributed by atoms with Crippen molar-refractivity contribution in [3.05, 3.63) is 23.8 Å². The van der Waals surface area contributed by atoms with Gasteiger partial charge < -0.3 is 15.2 Å². The van der Waals surface area contributed by atoms with Crippen LogP contribution >= 0.6 is 11.8 Å². The molecule has 0 spiro atoms. The van der Waals surface area contributed by atoms with Crippen LogP contribution in [0.5, 0.6) is 5.75 Å². The number of rotatable bonds is 6. The summed E-state index contributed by atoms with van der Waals surface area (Å²) in [6.45, 7) is 1.48. The summed E-state index contributed by atoms with van der Waals surface area (Å²) in [7, 11) is 1.69. The van der Waals surface area contributed by atoms with E-state index in [1.165, 1.54) is 5.56 Å². The maximum Gasteiger partial charge on any atom is 0.132 e. The first-order chi connectivity index (χ1) is 8.67. The molecule has 2 N–H and O–H groups in total. The van der Waals surface area contributed by atoms with Crippen molar-refractivity contribution in [3.63, 3.8) is 0 Å². The smallest absolute Gasteiger partial charge is 0.132 e. The maximum absolute atomic E-state index is 9.98. The third-order valence-electron chi connectivity index (χ3n) is 3.52. The number of aliphatic hydroxyl groups is 1. The molecule has 0 bridgehead atoms. The summed E-state index contributed by atoms with van der Waals surface area (Å²) in [6.07, 6.45) is 5.06. The lowest BCUT2D eigenvalue weighted by Gasteiger charge is -2.36. The van der Waals surface area contributed by atoms with Crippen molar-refractivity contribution in [2.45, 2.75) is 36.3 Å².